The zero-order chi connectivity index (χ0) is 19.6. The minimum absolute atomic E-state index is 0.228. The summed E-state index contributed by atoms with van der Waals surface area (Å²) >= 11 is 7.49. The molecule has 8 heteroatoms. The highest BCUT2D eigenvalue weighted by Crippen LogP contribution is 2.34. The van der Waals surface area contributed by atoms with E-state index in [1.165, 1.54) is 17.8 Å². The van der Waals surface area contributed by atoms with Crippen LogP contribution in [0.25, 0.3) is 0 Å². The number of halogens is 2. The Balaban J connectivity index is 1.86. The summed E-state index contributed by atoms with van der Waals surface area (Å²) < 4.78 is 16.1. The molecule has 1 aromatic heterocycles. The van der Waals surface area contributed by atoms with Gasteiger partial charge < -0.3 is 14.8 Å². The maximum Gasteiger partial charge on any atom is 0.255 e. The van der Waals surface area contributed by atoms with Gasteiger partial charge in [0.05, 0.1) is 11.4 Å². The second-order valence-electron chi connectivity index (χ2n) is 6.08. The Hall–Kier alpha value is -2.51. The van der Waals surface area contributed by atoms with Crippen molar-refractivity contribution in [2.45, 2.75) is 10.1 Å². The first-order chi connectivity index (χ1) is 12.8. The number of imidazole rings is 1. The number of nitrogens with zero attached hydrogens (tertiary/aromatic N) is 3. The molecule has 0 aliphatic heterocycles. The third-order valence-electron chi connectivity index (χ3n) is 3.86. The molecule has 1 N–H and O–H groups in total. The Bertz CT molecular complexity index is 990. The number of benzene rings is 2. The number of hydrogen-bond donors (Lipinski definition) is 1. The number of nitrogens with one attached hydrogen (secondary N) is 1. The van der Waals surface area contributed by atoms with Crippen molar-refractivity contribution in [3.63, 3.8) is 0 Å². The molecule has 0 bridgehead atoms. The number of hydrogen-bond acceptors (Lipinski definition) is 4. The fraction of sp³-hybridized carbons (Fsp3) is 0.158. The van der Waals surface area contributed by atoms with Gasteiger partial charge in [0.2, 0.25) is 0 Å². The SMILES string of the molecule is CN(C)c1ccc(C(=O)Nc2cc(Cl)ccc2Sc2nccn2C)cc1F. The largest absolute Gasteiger partial charge is 0.375 e. The van der Waals surface area contributed by atoms with Crippen molar-refractivity contribution in [2.24, 2.45) is 7.05 Å². The Labute approximate surface area is 166 Å². The third kappa shape index (κ3) is 4.43. The Kier molecular flexibility index (Phi) is 5.72. The Morgan fingerprint density at radius 1 is 1.26 bits per heavy atom. The quantitative estimate of drug-likeness (QED) is 0.670. The minimum Gasteiger partial charge on any atom is -0.375 e. The van der Waals surface area contributed by atoms with Gasteiger partial charge in [0.15, 0.2) is 5.16 Å². The molecule has 2 aromatic carbocycles. The lowest BCUT2D eigenvalue weighted by Gasteiger charge is -2.15. The van der Waals surface area contributed by atoms with Crippen LogP contribution in [0.3, 0.4) is 0 Å². The molecule has 1 amide bonds. The van der Waals surface area contributed by atoms with Gasteiger partial charge in [0, 0.05) is 49.0 Å². The molecule has 0 aliphatic carbocycles. The molecule has 3 aromatic rings. The predicted octanol–water partition coefficient (Wildman–Crippen LogP) is 4.68. The molecular formula is C19H18ClFN4OS. The predicted molar refractivity (Wildman–Crippen MR) is 107 cm³/mol. The van der Waals surface area contributed by atoms with Crippen molar-refractivity contribution in [1.29, 1.82) is 0 Å². The molecular weight excluding hydrogens is 387 g/mol. The topological polar surface area (TPSA) is 50.2 Å². The summed E-state index contributed by atoms with van der Waals surface area (Å²) in [5.41, 5.74) is 1.18. The fourth-order valence-electron chi connectivity index (χ4n) is 2.44. The highest BCUT2D eigenvalue weighted by atomic mass is 35.5. The van der Waals surface area contributed by atoms with Crippen molar-refractivity contribution in [3.8, 4) is 0 Å². The van der Waals surface area contributed by atoms with E-state index in [1.54, 1.807) is 49.5 Å². The lowest BCUT2D eigenvalue weighted by Crippen LogP contribution is -2.15. The highest BCUT2D eigenvalue weighted by molar-refractivity contribution is 7.99. The van der Waals surface area contributed by atoms with Crippen LogP contribution >= 0.6 is 23.4 Å². The van der Waals surface area contributed by atoms with Crippen molar-refractivity contribution in [2.75, 3.05) is 24.3 Å². The number of carbonyl (C=O) groups excluding carboxylic acids is 1. The van der Waals surface area contributed by atoms with E-state index in [1.807, 2.05) is 23.9 Å². The van der Waals surface area contributed by atoms with Crippen molar-refractivity contribution >= 4 is 40.6 Å². The normalized spacial score (nSPS) is 10.7. The number of aryl methyl sites for hydroxylation is 1. The highest BCUT2D eigenvalue weighted by Gasteiger charge is 2.15. The van der Waals surface area contributed by atoms with Crippen molar-refractivity contribution < 1.29 is 9.18 Å². The average Bonchev–Trinajstić information content (AvgIpc) is 3.01. The maximum absolute atomic E-state index is 14.2. The number of aromatic nitrogens is 2. The monoisotopic (exact) mass is 404 g/mol. The molecule has 0 unspecified atom stereocenters. The van der Waals surface area contributed by atoms with E-state index >= 15 is 0 Å². The number of amides is 1. The van der Waals surface area contributed by atoms with E-state index in [0.29, 0.717) is 16.4 Å². The Morgan fingerprint density at radius 3 is 2.67 bits per heavy atom. The first-order valence-electron chi connectivity index (χ1n) is 8.08. The lowest BCUT2D eigenvalue weighted by molar-refractivity contribution is 0.102. The molecule has 27 heavy (non-hydrogen) atoms. The first-order valence-corrected chi connectivity index (χ1v) is 9.27. The van der Waals surface area contributed by atoms with Crippen molar-refractivity contribution in [1.82, 2.24) is 9.55 Å². The van der Waals surface area contributed by atoms with Crippen LogP contribution in [0, 0.1) is 5.82 Å². The lowest BCUT2D eigenvalue weighted by atomic mass is 10.1. The van der Waals surface area contributed by atoms with Crippen LogP contribution in [0.4, 0.5) is 15.8 Å². The summed E-state index contributed by atoms with van der Waals surface area (Å²) in [6.07, 6.45) is 3.54. The van der Waals surface area contributed by atoms with E-state index in [-0.39, 0.29) is 5.56 Å². The zero-order valence-electron chi connectivity index (χ0n) is 15.0. The van der Waals surface area contributed by atoms with E-state index in [9.17, 15) is 9.18 Å². The molecule has 0 atom stereocenters. The van der Waals surface area contributed by atoms with Gasteiger partial charge in [-0.2, -0.15) is 0 Å². The zero-order valence-corrected chi connectivity index (χ0v) is 16.6. The molecule has 0 saturated heterocycles. The summed E-state index contributed by atoms with van der Waals surface area (Å²) in [6, 6.07) is 9.60. The van der Waals surface area contributed by atoms with Gasteiger partial charge in [0.25, 0.3) is 5.91 Å². The van der Waals surface area contributed by atoms with Crippen LogP contribution in [0.5, 0.6) is 0 Å². The molecule has 0 fully saturated rings. The maximum atomic E-state index is 14.2. The van der Waals surface area contributed by atoms with E-state index < -0.39 is 11.7 Å². The van der Waals surface area contributed by atoms with E-state index in [0.717, 1.165) is 10.1 Å². The summed E-state index contributed by atoms with van der Waals surface area (Å²) in [5, 5.41) is 4.08. The third-order valence-corrected chi connectivity index (χ3v) is 5.25. The van der Waals surface area contributed by atoms with Gasteiger partial charge in [-0.15, -0.1) is 0 Å². The second kappa shape index (κ2) is 8.02. The van der Waals surface area contributed by atoms with Crippen LogP contribution in [0.1, 0.15) is 10.4 Å². The number of anilines is 2. The smallest absolute Gasteiger partial charge is 0.255 e. The summed E-state index contributed by atoms with van der Waals surface area (Å²) in [4.78, 5) is 19.3. The van der Waals surface area contributed by atoms with Crippen LogP contribution in [0.15, 0.2) is 58.8 Å². The number of carbonyl (C=O) groups is 1. The average molecular weight is 405 g/mol. The van der Waals surface area contributed by atoms with E-state index in [4.69, 9.17) is 11.6 Å². The van der Waals surface area contributed by atoms with Gasteiger partial charge >= 0.3 is 0 Å². The molecule has 1 heterocycles. The van der Waals surface area contributed by atoms with E-state index in [2.05, 4.69) is 10.3 Å². The molecule has 0 aliphatic rings. The summed E-state index contributed by atoms with van der Waals surface area (Å²) in [5.74, 6) is -0.871. The molecule has 5 nitrogen and oxygen atoms in total. The molecule has 0 spiro atoms. The van der Waals surface area contributed by atoms with Crippen LogP contribution in [0.2, 0.25) is 5.02 Å². The van der Waals surface area contributed by atoms with Crippen molar-refractivity contribution in [3.05, 3.63) is 65.2 Å². The summed E-state index contributed by atoms with van der Waals surface area (Å²) in [7, 11) is 5.37. The van der Waals surface area contributed by atoms with Gasteiger partial charge in [0.1, 0.15) is 5.82 Å². The first kappa shape index (κ1) is 19.3. The second-order valence-corrected chi connectivity index (χ2v) is 7.52. The molecule has 3 rings (SSSR count). The van der Waals surface area contributed by atoms with Gasteiger partial charge in [-0.25, -0.2) is 9.37 Å². The molecule has 0 saturated carbocycles. The van der Waals surface area contributed by atoms with Crippen LogP contribution in [-0.4, -0.2) is 29.6 Å². The standard InChI is InChI=1S/C19H18ClFN4OS/c1-24(2)16-6-4-12(10-14(16)21)18(26)23-15-11-13(20)5-7-17(15)27-19-22-8-9-25(19)3/h4-11H,1-3H3,(H,23,26). The minimum atomic E-state index is -0.457. The van der Waals surface area contributed by atoms with Crippen LogP contribution in [-0.2, 0) is 7.05 Å². The number of rotatable bonds is 5. The van der Waals surface area contributed by atoms with Gasteiger partial charge in [-0.05, 0) is 48.2 Å². The van der Waals surface area contributed by atoms with Gasteiger partial charge in [-0.1, -0.05) is 11.6 Å². The fourth-order valence-corrected chi connectivity index (χ4v) is 3.49. The molecule has 140 valence electrons. The molecule has 0 radical (unpaired) electrons. The van der Waals surface area contributed by atoms with Gasteiger partial charge in [-0.3, -0.25) is 4.79 Å². The Morgan fingerprint density at radius 2 is 2.04 bits per heavy atom. The summed E-state index contributed by atoms with van der Waals surface area (Å²) in [6.45, 7) is 0. The van der Waals surface area contributed by atoms with Crippen LogP contribution < -0.4 is 10.2 Å².